The topological polar surface area (TPSA) is 75.8 Å². The zero-order valence-electron chi connectivity index (χ0n) is 10.1. The molecule has 5 nitrogen and oxygen atoms in total. The summed E-state index contributed by atoms with van der Waals surface area (Å²) in [5, 5.41) is 8.73. The highest BCUT2D eigenvalue weighted by Gasteiger charge is 2.16. The maximum absolute atomic E-state index is 12.1. The highest BCUT2D eigenvalue weighted by Crippen LogP contribution is 2.22. The molecule has 0 spiro atoms. The number of anilines is 1. The molecule has 0 fully saturated rings. The summed E-state index contributed by atoms with van der Waals surface area (Å²) in [7, 11) is 3.19. The van der Waals surface area contributed by atoms with E-state index in [1.165, 1.54) is 12.0 Å². The summed E-state index contributed by atoms with van der Waals surface area (Å²) in [6.45, 7) is 0.555. The van der Waals surface area contributed by atoms with Crippen LogP contribution in [0.3, 0.4) is 0 Å². The first-order valence-corrected chi connectivity index (χ1v) is 5.40. The minimum Gasteiger partial charge on any atom is -0.496 e. The van der Waals surface area contributed by atoms with E-state index in [0.29, 0.717) is 30.0 Å². The Kier molecular flexibility index (Phi) is 4.78. The Bertz CT molecular complexity index is 393. The summed E-state index contributed by atoms with van der Waals surface area (Å²) in [4.78, 5) is 13.6. The monoisotopic (exact) mass is 238 g/mol. The molecule has 0 aliphatic heterocycles. The molecule has 1 aromatic carbocycles. The Morgan fingerprint density at radius 1 is 1.53 bits per heavy atom. The van der Waals surface area contributed by atoms with E-state index < -0.39 is 0 Å². The molecular formula is C12H18N2O3. The molecule has 0 heterocycles. The van der Waals surface area contributed by atoms with Crippen LogP contribution >= 0.6 is 0 Å². The van der Waals surface area contributed by atoms with Gasteiger partial charge in [0.2, 0.25) is 0 Å². The molecule has 0 unspecified atom stereocenters. The summed E-state index contributed by atoms with van der Waals surface area (Å²) in [6, 6.07) is 4.95. The van der Waals surface area contributed by atoms with E-state index in [0.717, 1.165) is 0 Å². The van der Waals surface area contributed by atoms with E-state index in [1.807, 2.05) is 0 Å². The number of amides is 1. The third-order valence-corrected chi connectivity index (χ3v) is 2.45. The van der Waals surface area contributed by atoms with Gasteiger partial charge in [-0.15, -0.1) is 0 Å². The van der Waals surface area contributed by atoms with Crippen molar-refractivity contribution in [2.45, 2.75) is 6.42 Å². The second-order valence-corrected chi connectivity index (χ2v) is 3.76. The van der Waals surface area contributed by atoms with Crippen LogP contribution in [0.5, 0.6) is 5.75 Å². The third kappa shape index (κ3) is 3.35. The van der Waals surface area contributed by atoms with Crippen molar-refractivity contribution in [2.24, 2.45) is 0 Å². The number of hydrogen-bond donors (Lipinski definition) is 2. The smallest absolute Gasteiger partial charge is 0.257 e. The number of nitrogen functional groups attached to an aromatic ring is 1. The van der Waals surface area contributed by atoms with E-state index in [-0.39, 0.29) is 12.5 Å². The second kappa shape index (κ2) is 6.10. The van der Waals surface area contributed by atoms with Crippen molar-refractivity contribution in [3.05, 3.63) is 23.8 Å². The van der Waals surface area contributed by atoms with Crippen molar-refractivity contribution in [1.29, 1.82) is 0 Å². The first-order valence-electron chi connectivity index (χ1n) is 5.40. The van der Waals surface area contributed by atoms with Crippen LogP contribution < -0.4 is 10.5 Å². The molecule has 0 atom stereocenters. The molecule has 0 aliphatic carbocycles. The van der Waals surface area contributed by atoms with Gasteiger partial charge in [-0.2, -0.15) is 0 Å². The highest BCUT2D eigenvalue weighted by molar-refractivity contribution is 5.97. The Morgan fingerprint density at radius 3 is 2.82 bits per heavy atom. The van der Waals surface area contributed by atoms with Crippen LogP contribution in [0.25, 0.3) is 0 Å². The van der Waals surface area contributed by atoms with E-state index in [1.54, 1.807) is 25.2 Å². The van der Waals surface area contributed by atoms with Crippen molar-refractivity contribution in [1.82, 2.24) is 4.90 Å². The molecule has 1 amide bonds. The van der Waals surface area contributed by atoms with Gasteiger partial charge in [-0.3, -0.25) is 4.79 Å². The van der Waals surface area contributed by atoms with Crippen molar-refractivity contribution < 1.29 is 14.6 Å². The van der Waals surface area contributed by atoms with Gasteiger partial charge in [-0.1, -0.05) is 0 Å². The van der Waals surface area contributed by atoms with Gasteiger partial charge in [0, 0.05) is 25.9 Å². The summed E-state index contributed by atoms with van der Waals surface area (Å²) in [6.07, 6.45) is 0.548. The van der Waals surface area contributed by atoms with Gasteiger partial charge in [0.15, 0.2) is 0 Å². The van der Waals surface area contributed by atoms with Crippen LogP contribution in [0.2, 0.25) is 0 Å². The quantitative estimate of drug-likeness (QED) is 0.741. The lowest BCUT2D eigenvalue weighted by molar-refractivity contribution is 0.0783. The Morgan fingerprint density at radius 2 is 2.24 bits per heavy atom. The van der Waals surface area contributed by atoms with Gasteiger partial charge in [0.25, 0.3) is 5.91 Å². The van der Waals surface area contributed by atoms with Gasteiger partial charge in [0.05, 0.1) is 12.7 Å². The number of methoxy groups -OCH3 is 1. The van der Waals surface area contributed by atoms with Crippen molar-refractivity contribution >= 4 is 11.6 Å². The molecular weight excluding hydrogens is 220 g/mol. The van der Waals surface area contributed by atoms with Gasteiger partial charge in [-0.05, 0) is 24.6 Å². The molecule has 0 aliphatic rings. The lowest BCUT2D eigenvalue weighted by Gasteiger charge is -2.18. The lowest BCUT2D eigenvalue weighted by Crippen LogP contribution is -2.28. The summed E-state index contributed by atoms with van der Waals surface area (Å²) in [5.41, 5.74) is 6.61. The normalized spacial score (nSPS) is 10.1. The fourth-order valence-corrected chi connectivity index (χ4v) is 1.51. The van der Waals surface area contributed by atoms with Crippen LogP contribution in [0.1, 0.15) is 16.8 Å². The lowest BCUT2D eigenvalue weighted by atomic mass is 10.1. The largest absolute Gasteiger partial charge is 0.496 e. The number of aliphatic hydroxyl groups is 1. The molecule has 17 heavy (non-hydrogen) atoms. The molecule has 94 valence electrons. The number of ether oxygens (including phenoxy) is 1. The zero-order chi connectivity index (χ0) is 12.8. The molecule has 5 heteroatoms. The van der Waals surface area contributed by atoms with Crippen molar-refractivity contribution in [2.75, 3.05) is 33.0 Å². The molecule has 1 aromatic rings. The third-order valence-electron chi connectivity index (χ3n) is 2.45. The van der Waals surface area contributed by atoms with E-state index in [9.17, 15) is 4.79 Å². The first-order chi connectivity index (χ1) is 8.10. The number of benzene rings is 1. The number of carbonyl (C=O) groups excluding carboxylic acids is 1. The Labute approximate surface area is 101 Å². The highest BCUT2D eigenvalue weighted by atomic mass is 16.5. The number of rotatable bonds is 5. The molecule has 0 radical (unpaired) electrons. The van der Waals surface area contributed by atoms with E-state index in [2.05, 4.69) is 0 Å². The van der Waals surface area contributed by atoms with Crippen molar-refractivity contribution in [3.63, 3.8) is 0 Å². The number of hydrogen-bond acceptors (Lipinski definition) is 4. The predicted molar refractivity (Wildman–Crippen MR) is 66.1 cm³/mol. The standard InChI is InChI=1S/C12H18N2O3/c1-14(6-3-7-15)12(16)10-8-9(13)4-5-11(10)17-2/h4-5,8,15H,3,6-7,13H2,1-2H3. The molecule has 0 saturated carbocycles. The van der Waals surface area contributed by atoms with Gasteiger partial charge >= 0.3 is 0 Å². The van der Waals surface area contributed by atoms with Gasteiger partial charge in [-0.25, -0.2) is 0 Å². The van der Waals surface area contributed by atoms with Crippen LogP contribution in [-0.2, 0) is 0 Å². The fourth-order valence-electron chi connectivity index (χ4n) is 1.51. The predicted octanol–water partition coefficient (Wildman–Crippen LogP) is 0.732. The zero-order valence-corrected chi connectivity index (χ0v) is 10.1. The van der Waals surface area contributed by atoms with Crippen LogP contribution in [0.4, 0.5) is 5.69 Å². The van der Waals surface area contributed by atoms with E-state index in [4.69, 9.17) is 15.6 Å². The number of carbonyl (C=O) groups is 1. The molecule has 0 bridgehead atoms. The van der Waals surface area contributed by atoms with Crippen LogP contribution in [-0.4, -0.2) is 43.2 Å². The van der Waals surface area contributed by atoms with Crippen LogP contribution in [0.15, 0.2) is 18.2 Å². The minimum absolute atomic E-state index is 0.0612. The van der Waals surface area contributed by atoms with Crippen LogP contribution in [0, 0.1) is 0 Å². The number of nitrogens with two attached hydrogens (primary N) is 1. The number of aliphatic hydroxyl groups excluding tert-OH is 1. The first kappa shape index (κ1) is 13.3. The second-order valence-electron chi connectivity index (χ2n) is 3.76. The minimum atomic E-state index is -0.164. The SMILES string of the molecule is COc1ccc(N)cc1C(=O)N(C)CCCO. The van der Waals surface area contributed by atoms with E-state index >= 15 is 0 Å². The molecule has 0 aromatic heterocycles. The number of nitrogens with zero attached hydrogens (tertiary/aromatic N) is 1. The summed E-state index contributed by atoms with van der Waals surface area (Å²) >= 11 is 0. The van der Waals surface area contributed by atoms with Crippen molar-refractivity contribution in [3.8, 4) is 5.75 Å². The Balaban J connectivity index is 2.90. The molecule has 0 saturated heterocycles. The average Bonchev–Trinajstić information content (AvgIpc) is 2.34. The average molecular weight is 238 g/mol. The fraction of sp³-hybridized carbons (Fsp3) is 0.417. The van der Waals surface area contributed by atoms with Gasteiger partial charge < -0.3 is 20.5 Å². The Hall–Kier alpha value is -1.75. The maximum Gasteiger partial charge on any atom is 0.257 e. The molecule has 3 N–H and O–H groups in total. The van der Waals surface area contributed by atoms with Gasteiger partial charge in [0.1, 0.15) is 5.75 Å². The molecule has 1 rings (SSSR count). The maximum atomic E-state index is 12.1. The summed E-state index contributed by atoms with van der Waals surface area (Å²) < 4.78 is 5.12. The summed E-state index contributed by atoms with van der Waals surface area (Å²) in [5.74, 6) is 0.336.